The molecule has 2 N–H and O–H groups in total. The summed E-state index contributed by atoms with van der Waals surface area (Å²) in [7, 11) is 1.56. The van der Waals surface area contributed by atoms with Crippen molar-refractivity contribution in [3.05, 3.63) is 46.7 Å². The number of thiocarbonyl (C=S) groups is 1. The number of para-hydroxylation sites is 1. The first-order valence-electron chi connectivity index (χ1n) is 6.40. The molecular weight excluding hydrogens is 304 g/mol. The molecule has 0 aliphatic rings. The number of nitrogens with two attached hydrogens (primary N) is 1. The van der Waals surface area contributed by atoms with Crippen LogP contribution in [0.25, 0.3) is 0 Å². The number of thiophene rings is 1. The van der Waals surface area contributed by atoms with Crippen LogP contribution in [0.3, 0.4) is 0 Å². The van der Waals surface area contributed by atoms with E-state index in [1.54, 1.807) is 18.1 Å². The van der Waals surface area contributed by atoms with E-state index in [1.165, 1.54) is 11.3 Å². The van der Waals surface area contributed by atoms with Crippen LogP contribution in [0.15, 0.2) is 41.8 Å². The van der Waals surface area contributed by atoms with Crippen molar-refractivity contribution in [2.45, 2.75) is 6.42 Å². The number of hydrogen-bond acceptors (Lipinski definition) is 4. The summed E-state index contributed by atoms with van der Waals surface area (Å²) >= 11 is 6.28. The lowest BCUT2D eigenvalue weighted by Crippen LogP contribution is -2.33. The Kier molecular flexibility index (Phi) is 5.30. The maximum atomic E-state index is 12.8. The second kappa shape index (κ2) is 7.19. The van der Waals surface area contributed by atoms with Gasteiger partial charge in [0.15, 0.2) is 0 Å². The Morgan fingerprint density at radius 1 is 1.33 bits per heavy atom. The molecule has 0 unspecified atom stereocenters. The molecule has 6 heteroatoms. The molecular formula is C15H16N2O2S2. The van der Waals surface area contributed by atoms with Crippen molar-refractivity contribution in [3.8, 4) is 5.75 Å². The van der Waals surface area contributed by atoms with E-state index in [1.807, 2.05) is 35.7 Å². The average Bonchev–Trinajstić information content (AvgIpc) is 2.96. The summed E-state index contributed by atoms with van der Waals surface area (Å²) in [5, 5.41) is 1.84. The minimum atomic E-state index is -0.107. The van der Waals surface area contributed by atoms with Gasteiger partial charge in [-0.2, -0.15) is 0 Å². The van der Waals surface area contributed by atoms with Gasteiger partial charge in [0.1, 0.15) is 10.6 Å². The fourth-order valence-corrected chi connectivity index (χ4v) is 2.81. The summed E-state index contributed by atoms with van der Waals surface area (Å²) in [4.78, 5) is 15.4. The number of carbonyl (C=O) groups excluding carboxylic acids is 1. The number of hydrogen-bond donors (Lipinski definition) is 1. The third-order valence-electron chi connectivity index (χ3n) is 2.94. The van der Waals surface area contributed by atoms with Gasteiger partial charge in [-0.1, -0.05) is 30.4 Å². The summed E-state index contributed by atoms with van der Waals surface area (Å²) in [6, 6.07) is 11.2. The van der Waals surface area contributed by atoms with E-state index >= 15 is 0 Å². The summed E-state index contributed by atoms with van der Waals surface area (Å²) in [6.45, 7) is 0.444. The minimum Gasteiger partial charge on any atom is -0.495 e. The van der Waals surface area contributed by atoms with E-state index in [4.69, 9.17) is 22.7 Å². The zero-order chi connectivity index (χ0) is 15.2. The Bertz CT molecular complexity index is 626. The zero-order valence-corrected chi connectivity index (χ0v) is 13.2. The van der Waals surface area contributed by atoms with Crippen LogP contribution in [-0.2, 0) is 0 Å². The third kappa shape index (κ3) is 3.80. The van der Waals surface area contributed by atoms with Crippen LogP contribution < -0.4 is 15.4 Å². The molecule has 1 amide bonds. The van der Waals surface area contributed by atoms with Gasteiger partial charge < -0.3 is 15.4 Å². The molecule has 0 bridgehead atoms. The minimum absolute atomic E-state index is 0.107. The molecule has 0 saturated heterocycles. The van der Waals surface area contributed by atoms with Crippen molar-refractivity contribution < 1.29 is 9.53 Å². The van der Waals surface area contributed by atoms with Crippen LogP contribution >= 0.6 is 23.6 Å². The van der Waals surface area contributed by atoms with Gasteiger partial charge in [-0.15, -0.1) is 11.3 Å². The number of rotatable bonds is 6. The van der Waals surface area contributed by atoms with Crippen LogP contribution in [0.2, 0.25) is 0 Å². The van der Waals surface area contributed by atoms with E-state index in [0.717, 1.165) is 5.69 Å². The Morgan fingerprint density at radius 2 is 2.05 bits per heavy atom. The topological polar surface area (TPSA) is 55.6 Å². The highest BCUT2D eigenvalue weighted by atomic mass is 32.1. The van der Waals surface area contributed by atoms with E-state index < -0.39 is 0 Å². The third-order valence-corrected chi connectivity index (χ3v) is 4.03. The Labute approximate surface area is 133 Å². The van der Waals surface area contributed by atoms with Gasteiger partial charge in [0.2, 0.25) is 0 Å². The highest BCUT2D eigenvalue weighted by Crippen LogP contribution is 2.28. The van der Waals surface area contributed by atoms with Crippen molar-refractivity contribution in [1.82, 2.24) is 0 Å². The van der Waals surface area contributed by atoms with E-state index in [9.17, 15) is 4.79 Å². The molecule has 0 saturated carbocycles. The number of amides is 1. The van der Waals surface area contributed by atoms with Gasteiger partial charge in [-0.3, -0.25) is 4.79 Å². The molecule has 0 aliphatic heterocycles. The van der Waals surface area contributed by atoms with Gasteiger partial charge in [0.05, 0.1) is 12.1 Å². The maximum absolute atomic E-state index is 12.8. The van der Waals surface area contributed by atoms with Crippen LogP contribution in [-0.4, -0.2) is 24.6 Å². The first kappa shape index (κ1) is 15.5. The van der Waals surface area contributed by atoms with Crippen molar-refractivity contribution >= 4 is 40.1 Å². The van der Waals surface area contributed by atoms with Gasteiger partial charge in [-0.25, -0.2) is 0 Å². The largest absolute Gasteiger partial charge is 0.495 e. The average molecular weight is 320 g/mol. The summed E-state index contributed by atoms with van der Waals surface area (Å²) in [5.74, 6) is 0.477. The predicted molar refractivity (Wildman–Crippen MR) is 90.4 cm³/mol. The lowest BCUT2D eigenvalue weighted by molar-refractivity contribution is 0.0989. The first-order chi connectivity index (χ1) is 10.1. The van der Waals surface area contributed by atoms with Crippen molar-refractivity contribution in [3.63, 3.8) is 0 Å². The lowest BCUT2D eigenvalue weighted by atomic mass is 10.2. The fraction of sp³-hybridized carbons (Fsp3) is 0.200. The first-order valence-corrected chi connectivity index (χ1v) is 7.69. The molecule has 2 aromatic rings. The Hall–Kier alpha value is -1.92. The number of nitrogens with zero attached hydrogens (tertiary/aromatic N) is 1. The van der Waals surface area contributed by atoms with E-state index in [0.29, 0.717) is 28.6 Å². The lowest BCUT2D eigenvalue weighted by Gasteiger charge is -2.22. The predicted octanol–water partition coefficient (Wildman–Crippen LogP) is 3.08. The summed E-state index contributed by atoms with van der Waals surface area (Å²) in [5.41, 5.74) is 6.38. The highest BCUT2D eigenvalue weighted by Gasteiger charge is 2.22. The Morgan fingerprint density at radius 3 is 2.67 bits per heavy atom. The normalized spacial score (nSPS) is 10.1. The quantitative estimate of drug-likeness (QED) is 0.831. The molecule has 1 aromatic heterocycles. The van der Waals surface area contributed by atoms with Crippen LogP contribution in [0.1, 0.15) is 16.1 Å². The summed E-state index contributed by atoms with van der Waals surface area (Å²) < 4.78 is 5.23. The number of ether oxygens (including phenoxy) is 1. The smallest absolute Gasteiger partial charge is 0.272 e. The second-order valence-electron chi connectivity index (χ2n) is 4.33. The second-order valence-corrected chi connectivity index (χ2v) is 5.77. The molecule has 0 fully saturated rings. The highest BCUT2D eigenvalue weighted by molar-refractivity contribution is 7.80. The van der Waals surface area contributed by atoms with E-state index in [2.05, 4.69) is 0 Å². The zero-order valence-electron chi connectivity index (χ0n) is 11.6. The standard InChI is InChI=1S/C15H16N2O2S2/c1-19-12-8-10-21-14(12)15(18)17(9-7-13(16)20)11-5-3-2-4-6-11/h2-6,8,10H,7,9H2,1H3,(H2,16,20). The Balaban J connectivity index is 2.30. The SMILES string of the molecule is COc1ccsc1C(=O)N(CCC(N)=S)c1ccccc1. The number of methoxy groups -OCH3 is 1. The maximum Gasteiger partial charge on any atom is 0.272 e. The molecule has 1 heterocycles. The number of anilines is 1. The van der Waals surface area contributed by atoms with Crippen LogP contribution in [0.5, 0.6) is 5.75 Å². The monoisotopic (exact) mass is 320 g/mol. The fourth-order valence-electron chi connectivity index (χ4n) is 1.91. The number of benzene rings is 1. The molecule has 0 radical (unpaired) electrons. The number of carbonyl (C=O) groups is 1. The molecule has 1 aromatic carbocycles. The van der Waals surface area contributed by atoms with Gasteiger partial charge in [0.25, 0.3) is 5.91 Å². The van der Waals surface area contributed by atoms with Crippen LogP contribution in [0.4, 0.5) is 5.69 Å². The van der Waals surface area contributed by atoms with E-state index in [-0.39, 0.29) is 5.91 Å². The van der Waals surface area contributed by atoms with Gasteiger partial charge in [0, 0.05) is 18.7 Å². The summed E-state index contributed by atoms with van der Waals surface area (Å²) in [6.07, 6.45) is 0.476. The molecule has 4 nitrogen and oxygen atoms in total. The van der Waals surface area contributed by atoms with Crippen molar-refractivity contribution in [2.24, 2.45) is 5.73 Å². The molecule has 2 rings (SSSR count). The van der Waals surface area contributed by atoms with Gasteiger partial charge >= 0.3 is 0 Å². The molecule has 110 valence electrons. The molecule has 0 aliphatic carbocycles. The van der Waals surface area contributed by atoms with Crippen LogP contribution in [0, 0.1) is 0 Å². The molecule has 0 atom stereocenters. The van der Waals surface area contributed by atoms with Crippen molar-refractivity contribution in [2.75, 3.05) is 18.6 Å². The molecule has 0 spiro atoms. The van der Waals surface area contributed by atoms with Crippen molar-refractivity contribution in [1.29, 1.82) is 0 Å². The molecule has 21 heavy (non-hydrogen) atoms. The van der Waals surface area contributed by atoms with Gasteiger partial charge in [-0.05, 0) is 23.6 Å².